The molecule has 0 radical (unpaired) electrons. The fourth-order valence-corrected chi connectivity index (χ4v) is 1.33. The van der Waals surface area contributed by atoms with Crippen LogP contribution < -0.4 is 5.32 Å². The van der Waals surface area contributed by atoms with E-state index in [0.29, 0.717) is 0 Å². The van der Waals surface area contributed by atoms with Crippen LogP contribution in [0.1, 0.15) is 19.8 Å². The van der Waals surface area contributed by atoms with E-state index in [0.717, 1.165) is 12.1 Å². The van der Waals surface area contributed by atoms with Crippen LogP contribution in [0.25, 0.3) is 0 Å². The molecule has 98 valence electrons. The maximum atomic E-state index is 13.4. The van der Waals surface area contributed by atoms with E-state index >= 15 is 0 Å². The maximum Gasteiger partial charge on any atom is 0.295 e. The number of hydrogen-bond acceptors (Lipinski definition) is 4. The first kappa shape index (κ1) is 14.0. The molecule has 0 saturated carbocycles. The zero-order valence-corrected chi connectivity index (χ0v) is 9.72. The Labute approximate surface area is 103 Å². The summed E-state index contributed by atoms with van der Waals surface area (Å²) in [6.07, 6.45) is -0.497. The van der Waals surface area contributed by atoms with Crippen LogP contribution in [-0.4, -0.2) is 22.0 Å². The van der Waals surface area contributed by atoms with Crippen LogP contribution in [0.2, 0.25) is 0 Å². The molecule has 1 atom stereocenters. The molecule has 18 heavy (non-hydrogen) atoms. The average molecular weight is 256 g/mol. The summed E-state index contributed by atoms with van der Waals surface area (Å²) in [7, 11) is 0. The van der Waals surface area contributed by atoms with Gasteiger partial charge in [-0.3, -0.25) is 14.9 Å². The van der Waals surface area contributed by atoms with Crippen molar-refractivity contribution in [2.45, 2.75) is 25.9 Å². The number of aliphatic hydroxyl groups excluding tert-OH is 1. The molecule has 0 saturated heterocycles. The molecule has 0 bridgehead atoms. The van der Waals surface area contributed by atoms with E-state index in [2.05, 4.69) is 5.32 Å². The van der Waals surface area contributed by atoms with Crippen molar-refractivity contribution in [2.24, 2.45) is 0 Å². The lowest BCUT2D eigenvalue weighted by Crippen LogP contribution is -2.16. The average Bonchev–Trinajstić information content (AvgIpc) is 2.28. The fraction of sp³-hybridized carbons (Fsp3) is 0.364. The summed E-state index contributed by atoms with van der Waals surface area (Å²) in [5.74, 6) is -1.45. The van der Waals surface area contributed by atoms with Gasteiger partial charge in [0.1, 0.15) is 0 Å². The molecule has 7 heteroatoms. The molecule has 6 nitrogen and oxygen atoms in total. The molecule has 1 aromatic carbocycles. The quantitative estimate of drug-likeness (QED) is 0.621. The van der Waals surface area contributed by atoms with E-state index in [4.69, 9.17) is 5.11 Å². The van der Waals surface area contributed by atoms with Crippen molar-refractivity contribution in [2.75, 3.05) is 5.32 Å². The number of nitro groups is 1. The van der Waals surface area contributed by atoms with E-state index in [1.807, 2.05) is 0 Å². The molecule has 0 spiro atoms. The summed E-state index contributed by atoms with van der Waals surface area (Å²) in [6, 6.07) is 3.32. The van der Waals surface area contributed by atoms with E-state index < -0.39 is 34.1 Å². The Morgan fingerprint density at radius 3 is 2.83 bits per heavy atom. The molecule has 1 unspecified atom stereocenters. The number of carbonyl (C=O) groups is 1. The molecule has 2 N–H and O–H groups in total. The molecule has 1 aromatic rings. The summed E-state index contributed by atoms with van der Waals surface area (Å²) >= 11 is 0. The number of nitrogens with one attached hydrogen (secondary N) is 1. The zero-order chi connectivity index (χ0) is 13.7. The maximum absolute atomic E-state index is 13.4. The van der Waals surface area contributed by atoms with Crippen molar-refractivity contribution in [3.8, 4) is 0 Å². The van der Waals surface area contributed by atoms with E-state index in [-0.39, 0.29) is 12.8 Å². The minimum Gasteiger partial charge on any atom is -0.393 e. The van der Waals surface area contributed by atoms with Gasteiger partial charge >= 0.3 is 0 Å². The zero-order valence-electron chi connectivity index (χ0n) is 9.72. The van der Waals surface area contributed by atoms with Crippen LogP contribution in [0.5, 0.6) is 0 Å². The molecule has 0 fully saturated rings. The number of aliphatic hydroxyl groups is 1. The highest BCUT2D eigenvalue weighted by molar-refractivity contribution is 5.93. The number of rotatable bonds is 5. The molecule has 1 amide bonds. The number of hydrogen-bond donors (Lipinski definition) is 2. The lowest BCUT2D eigenvalue weighted by atomic mass is 10.2. The smallest absolute Gasteiger partial charge is 0.295 e. The van der Waals surface area contributed by atoms with Crippen LogP contribution in [0.3, 0.4) is 0 Å². The van der Waals surface area contributed by atoms with Crippen LogP contribution in [-0.2, 0) is 4.79 Å². The van der Waals surface area contributed by atoms with Gasteiger partial charge in [-0.25, -0.2) is 4.39 Å². The number of benzene rings is 1. The van der Waals surface area contributed by atoms with Crippen molar-refractivity contribution < 1.29 is 19.2 Å². The van der Waals surface area contributed by atoms with Crippen molar-refractivity contribution in [1.82, 2.24) is 0 Å². The lowest BCUT2D eigenvalue weighted by molar-refractivity contribution is -0.384. The highest BCUT2D eigenvalue weighted by atomic mass is 19.1. The van der Waals surface area contributed by atoms with Crippen molar-refractivity contribution in [3.05, 3.63) is 34.1 Å². The summed E-state index contributed by atoms with van der Waals surface area (Å²) in [6.45, 7) is 1.51. The second-order valence-electron chi connectivity index (χ2n) is 3.83. The summed E-state index contributed by atoms with van der Waals surface area (Å²) in [5.41, 5.74) is -0.946. The van der Waals surface area contributed by atoms with Crippen molar-refractivity contribution in [3.63, 3.8) is 0 Å². The third-order valence-corrected chi connectivity index (χ3v) is 2.24. The number of carbonyl (C=O) groups excluding carboxylic acids is 1. The van der Waals surface area contributed by atoms with Gasteiger partial charge in [0.25, 0.3) is 5.69 Å². The summed E-state index contributed by atoms with van der Waals surface area (Å²) in [4.78, 5) is 21.3. The standard InChI is InChI=1S/C11H13FN2O4/c1-7(15)5-6-10(16)13-11-8(12)3-2-4-9(11)14(17)18/h2-4,7,15H,5-6H2,1H3,(H,13,16). The van der Waals surface area contributed by atoms with Gasteiger partial charge in [-0.05, 0) is 19.4 Å². The largest absolute Gasteiger partial charge is 0.393 e. The molecular weight excluding hydrogens is 243 g/mol. The minimum absolute atomic E-state index is 0.0385. The van der Waals surface area contributed by atoms with Crippen molar-refractivity contribution in [1.29, 1.82) is 0 Å². The van der Waals surface area contributed by atoms with Gasteiger partial charge in [0, 0.05) is 12.5 Å². The first-order chi connectivity index (χ1) is 8.41. The van der Waals surface area contributed by atoms with Crippen LogP contribution in [0.4, 0.5) is 15.8 Å². The Bertz CT molecular complexity index is 462. The minimum atomic E-state index is -0.866. The monoisotopic (exact) mass is 256 g/mol. The Morgan fingerprint density at radius 1 is 1.61 bits per heavy atom. The number of amides is 1. The van der Waals surface area contributed by atoms with Gasteiger partial charge in [0.05, 0.1) is 11.0 Å². The Balaban J connectivity index is 2.83. The molecule has 0 aliphatic rings. The normalized spacial score (nSPS) is 11.9. The topological polar surface area (TPSA) is 92.5 Å². The SMILES string of the molecule is CC(O)CCC(=O)Nc1c(F)cccc1[N+](=O)[O-]. The highest BCUT2D eigenvalue weighted by Gasteiger charge is 2.19. The van der Waals surface area contributed by atoms with Gasteiger partial charge in [-0.1, -0.05) is 6.07 Å². The number of halogens is 1. The number of nitrogens with zero attached hydrogens (tertiary/aromatic N) is 1. The second kappa shape index (κ2) is 6.06. The molecule has 0 aliphatic heterocycles. The summed E-state index contributed by atoms with van der Waals surface area (Å²) in [5, 5.41) is 21.8. The van der Waals surface area contributed by atoms with Crippen LogP contribution in [0.15, 0.2) is 18.2 Å². The lowest BCUT2D eigenvalue weighted by Gasteiger charge is -2.07. The van der Waals surface area contributed by atoms with Crippen molar-refractivity contribution >= 4 is 17.3 Å². The van der Waals surface area contributed by atoms with E-state index in [9.17, 15) is 19.3 Å². The molecular formula is C11H13FN2O4. The highest BCUT2D eigenvalue weighted by Crippen LogP contribution is 2.27. The third kappa shape index (κ3) is 3.77. The van der Waals surface area contributed by atoms with Crippen LogP contribution >= 0.6 is 0 Å². The first-order valence-corrected chi connectivity index (χ1v) is 5.32. The fourth-order valence-electron chi connectivity index (χ4n) is 1.33. The van der Waals surface area contributed by atoms with E-state index in [1.165, 1.54) is 13.0 Å². The Morgan fingerprint density at radius 2 is 2.28 bits per heavy atom. The third-order valence-electron chi connectivity index (χ3n) is 2.24. The Kier molecular flexibility index (Phi) is 4.73. The Hall–Kier alpha value is -2.02. The predicted molar refractivity (Wildman–Crippen MR) is 62.6 cm³/mol. The number of para-hydroxylation sites is 1. The molecule has 0 aromatic heterocycles. The predicted octanol–water partition coefficient (Wildman–Crippen LogP) is 1.83. The van der Waals surface area contributed by atoms with Gasteiger partial charge in [0.15, 0.2) is 11.5 Å². The number of anilines is 1. The summed E-state index contributed by atoms with van der Waals surface area (Å²) < 4.78 is 13.4. The first-order valence-electron chi connectivity index (χ1n) is 5.32. The molecule has 0 heterocycles. The molecule has 1 rings (SSSR count). The van der Waals surface area contributed by atoms with Crippen LogP contribution in [0, 0.1) is 15.9 Å². The number of nitro benzene ring substituents is 1. The van der Waals surface area contributed by atoms with Gasteiger partial charge in [-0.15, -0.1) is 0 Å². The second-order valence-corrected chi connectivity index (χ2v) is 3.83. The van der Waals surface area contributed by atoms with Gasteiger partial charge in [0.2, 0.25) is 5.91 Å². The van der Waals surface area contributed by atoms with Gasteiger partial charge < -0.3 is 10.4 Å². The van der Waals surface area contributed by atoms with E-state index in [1.54, 1.807) is 0 Å². The molecule has 0 aliphatic carbocycles. The van der Waals surface area contributed by atoms with Gasteiger partial charge in [-0.2, -0.15) is 0 Å².